The fourth-order valence-corrected chi connectivity index (χ4v) is 8.97. The zero-order valence-corrected chi connectivity index (χ0v) is 41.3. The number of fused-ring (bicyclic) bond motifs is 1. The number of rotatable bonds is 7. The van der Waals surface area contributed by atoms with Gasteiger partial charge in [-0.3, -0.25) is 9.55 Å². The standard InChI is InChI=1S/C64H65N3O/c1-61(2,3)47-34-45(33-46(35-47)55-36-44(31-32-65-55)41-23-16-13-17-24-41)49-29-22-30-56-58(49)66-60(52-37-48(62(4,5)6)38-54(59(52)68)64(10,11)12)67(56)57-40-50(42-25-18-14-19-26-42)53(63(7,8)9)39-51(57)43-27-20-15-21-28-43/h13-40,68H,1-12H3/i13D,16D,17D,23D,24D,31D,32D,36D. The van der Waals surface area contributed by atoms with Crippen molar-refractivity contribution >= 4 is 11.0 Å². The monoisotopic (exact) mass is 900 g/mol. The Morgan fingerprint density at radius 2 is 1.07 bits per heavy atom. The molecule has 4 nitrogen and oxygen atoms in total. The second kappa shape index (κ2) is 17.2. The van der Waals surface area contributed by atoms with Gasteiger partial charge in [0, 0.05) is 28.4 Å². The summed E-state index contributed by atoms with van der Waals surface area (Å²) in [4.78, 5) is 10.2. The number of pyridine rings is 1. The number of nitrogens with zero attached hydrogens (tertiary/aromatic N) is 3. The molecule has 9 aromatic rings. The van der Waals surface area contributed by atoms with Gasteiger partial charge in [-0.1, -0.05) is 198 Å². The fraction of sp³-hybridized carbons (Fsp3) is 0.250. The highest BCUT2D eigenvalue weighted by Crippen LogP contribution is 2.48. The summed E-state index contributed by atoms with van der Waals surface area (Å²) in [5.74, 6) is 0.672. The SMILES string of the molecule is [2H]c1nc(-c2cc(-c3cccc4c3nc(-c3cc(C(C)(C)C)cc(C(C)(C)C)c3O)n4-c3cc(-c4ccccc4)c(C(C)(C)C)cc3-c3ccccc3)cc(C(C)(C)C)c2)c([2H])c(-c2c([2H])c([2H])c([2H])c([2H])c2[2H])c1[2H]. The smallest absolute Gasteiger partial charge is 0.149 e. The molecule has 0 saturated carbocycles. The Bertz CT molecular complexity index is 3750. The summed E-state index contributed by atoms with van der Waals surface area (Å²) in [5, 5.41) is 12.8. The van der Waals surface area contributed by atoms with Gasteiger partial charge in [-0.2, -0.15) is 0 Å². The normalized spacial score (nSPS) is 14.1. The first-order chi connectivity index (χ1) is 35.5. The van der Waals surface area contributed by atoms with Crippen LogP contribution in [0, 0.1) is 0 Å². The Hall–Kier alpha value is -7.04. The number of aromatic hydroxyl groups is 1. The molecule has 0 amide bonds. The van der Waals surface area contributed by atoms with Crippen LogP contribution in [0.4, 0.5) is 0 Å². The van der Waals surface area contributed by atoms with Crippen LogP contribution in [0.25, 0.3) is 83.9 Å². The molecule has 0 bridgehead atoms. The quantitative estimate of drug-likeness (QED) is 0.173. The first kappa shape index (κ1) is 37.0. The Morgan fingerprint density at radius 3 is 1.69 bits per heavy atom. The number of hydrogen-bond donors (Lipinski definition) is 1. The van der Waals surface area contributed by atoms with E-state index in [0.29, 0.717) is 22.5 Å². The van der Waals surface area contributed by atoms with Crippen LogP contribution in [-0.4, -0.2) is 19.6 Å². The topological polar surface area (TPSA) is 50.9 Å². The maximum atomic E-state index is 12.8. The van der Waals surface area contributed by atoms with Crippen molar-refractivity contribution in [2.24, 2.45) is 0 Å². The van der Waals surface area contributed by atoms with E-state index >= 15 is 0 Å². The number of benzene rings is 7. The van der Waals surface area contributed by atoms with E-state index < -0.39 is 53.3 Å². The Balaban J connectivity index is 1.43. The number of phenols is 1. The highest BCUT2D eigenvalue weighted by molar-refractivity contribution is 5.98. The van der Waals surface area contributed by atoms with Crippen molar-refractivity contribution in [2.45, 2.75) is 105 Å². The molecule has 2 aromatic heterocycles. The molecule has 68 heavy (non-hydrogen) atoms. The van der Waals surface area contributed by atoms with E-state index in [4.69, 9.17) is 14.6 Å². The van der Waals surface area contributed by atoms with Gasteiger partial charge in [-0.15, -0.1) is 0 Å². The first-order valence-corrected chi connectivity index (χ1v) is 23.4. The minimum Gasteiger partial charge on any atom is -0.507 e. The lowest BCUT2D eigenvalue weighted by atomic mass is 9.78. The molecular formula is C64H65N3O. The van der Waals surface area contributed by atoms with Crippen molar-refractivity contribution in [2.75, 3.05) is 0 Å². The van der Waals surface area contributed by atoms with Crippen LogP contribution in [0.2, 0.25) is 0 Å². The molecule has 0 aliphatic rings. The molecule has 0 atom stereocenters. The highest BCUT2D eigenvalue weighted by atomic mass is 16.3. The molecule has 1 N–H and O–H groups in total. The largest absolute Gasteiger partial charge is 0.507 e. The molecular weight excluding hydrogens is 827 g/mol. The van der Waals surface area contributed by atoms with Crippen molar-refractivity contribution in [3.8, 4) is 78.6 Å². The van der Waals surface area contributed by atoms with E-state index in [1.807, 2.05) is 48.5 Å². The summed E-state index contributed by atoms with van der Waals surface area (Å²) in [5.41, 5.74) is 10.6. The molecule has 0 saturated heterocycles. The van der Waals surface area contributed by atoms with Crippen LogP contribution in [0.1, 0.15) is 116 Å². The molecule has 342 valence electrons. The average Bonchev–Trinajstić information content (AvgIpc) is 3.79. The van der Waals surface area contributed by atoms with Crippen molar-refractivity contribution in [1.29, 1.82) is 0 Å². The van der Waals surface area contributed by atoms with Gasteiger partial charge in [0.05, 0.1) is 38.9 Å². The van der Waals surface area contributed by atoms with Crippen LogP contribution < -0.4 is 0 Å². The number of imidazole rings is 1. The maximum absolute atomic E-state index is 12.8. The van der Waals surface area contributed by atoms with E-state index in [0.717, 1.165) is 61.3 Å². The second-order valence-electron chi connectivity index (χ2n) is 22.0. The van der Waals surface area contributed by atoms with Crippen LogP contribution in [-0.2, 0) is 21.7 Å². The van der Waals surface area contributed by atoms with E-state index in [2.05, 4.69) is 165 Å². The summed E-state index contributed by atoms with van der Waals surface area (Å²) < 4.78 is 72.4. The number of aromatic nitrogens is 3. The molecule has 0 aliphatic carbocycles. The van der Waals surface area contributed by atoms with Crippen LogP contribution in [0.15, 0.2) is 170 Å². The van der Waals surface area contributed by atoms with Gasteiger partial charge < -0.3 is 5.11 Å². The molecule has 0 fully saturated rings. The third kappa shape index (κ3) is 8.93. The fourth-order valence-electron chi connectivity index (χ4n) is 8.97. The predicted molar refractivity (Wildman–Crippen MR) is 288 cm³/mol. The van der Waals surface area contributed by atoms with Gasteiger partial charge in [0.1, 0.15) is 11.6 Å². The van der Waals surface area contributed by atoms with Crippen molar-refractivity contribution in [3.63, 3.8) is 0 Å². The highest BCUT2D eigenvalue weighted by Gasteiger charge is 2.31. The van der Waals surface area contributed by atoms with Crippen LogP contribution in [0.5, 0.6) is 5.75 Å². The molecule has 0 radical (unpaired) electrons. The average molecular weight is 900 g/mol. The molecule has 4 heteroatoms. The van der Waals surface area contributed by atoms with E-state index in [9.17, 15) is 6.48 Å². The molecule has 2 heterocycles. The lowest BCUT2D eigenvalue weighted by Crippen LogP contribution is -2.17. The van der Waals surface area contributed by atoms with Gasteiger partial charge in [-0.05, 0) is 120 Å². The van der Waals surface area contributed by atoms with Crippen molar-refractivity contribution in [3.05, 3.63) is 192 Å². The van der Waals surface area contributed by atoms with Gasteiger partial charge in [0.2, 0.25) is 0 Å². The molecule has 7 aromatic carbocycles. The Kier molecular flexibility index (Phi) is 9.38. The summed E-state index contributed by atoms with van der Waals surface area (Å²) >= 11 is 0. The minimum absolute atomic E-state index is 0.0204. The van der Waals surface area contributed by atoms with Crippen LogP contribution >= 0.6 is 0 Å². The van der Waals surface area contributed by atoms with Gasteiger partial charge in [0.15, 0.2) is 0 Å². The van der Waals surface area contributed by atoms with Crippen molar-refractivity contribution in [1.82, 2.24) is 14.5 Å². The second-order valence-corrected chi connectivity index (χ2v) is 22.0. The predicted octanol–water partition coefficient (Wildman–Crippen LogP) is 17.3. The van der Waals surface area contributed by atoms with E-state index in [1.165, 1.54) is 5.56 Å². The minimum atomic E-state index is -0.603. The summed E-state index contributed by atoms with van der Waals surface area (Å²) in [6.45, 7) is 25.8. The zero-order chi connectivity index (χ0) is 55.3. The molecule has 9 rings (SSSR count). The van der Waals surface area contributed by atoms with E-state index in [1.54, 1.807) is 0 Å². The summed E-state index contributed by atoms with van der Waals surface area (Å²) in [7, 11) is 0. The summed E-state index contributed by atoms with van der Waals surface area (Å²) in [6.07, 6.45) is -0.505. The first-order valence-electron chi connectivity index (χ1n) is 27.4. The maximum Gasteiger partial charge on any atom is 0.149 e. The number of hydrogen-bond acceptors (Lipinski definition) is 3. The third-order valence-electron chi connectivity index (χ3n) is 12.8. The molecule has 0 spiro atoms. The number of phenolic OH excluding ortho intramolecular Hbond substituents is 1. The summed E-state index contributed by atoms with van der Waals surface area (Å²) in [6, 6.07) is 37.7. The van der Waals surface area contributed by atoms with E-state index in [-0.39, 0.29) is 39.4 Å². The Morgan fingerprint density at radius 1 is 0.471 bits per heavy atom. The van der Waals surface area contributed by atoms with Gasteiger partial charge in [0.25, 0.3) is 0 Å². The number of para-hydroxylation sites is 1. The third-order valence-corrected chi connectivity index (χ3v) is 12.8. The zero-order valence-electron chi connectivity index (χ0n) is 49.3. The Labute approximate surface area is 415 Å². The van der Waals surface area contributed by atoms with Crippen molar-refractivity contribution < 1.29 is 16.1 Å². The lowest BCUT2D eigenvalue weighted by molar-refractivity contribution is 0.446. The van der Waals surface area contributed by atoms with Gasteiger partial charge >= 0.3 is 0 Å². The molecule has 0 unspecified atom stereocenters. The van der Waals surface area contributed by atoms with Crippen LogP contribution in [0.3, 0.4) is 0 Å². The molecule has 0 aliphatic heterocycles. The van der Waals surface area contributed by atoms with Gasteiger partial charge in [-0.25, -0.2) is 4.98 Å². The lowest BCUT2D eigenvalue weighted by Gasteiger charge is -2.28.